The fraction of sp³-hybridized carbons (Fsp3) is 0.615. The first kappa shape index (κ1) is 12.5. The fourth-order valence-corrected chi connectivity index (χ4v) is 2.00. The molecule has 2 unspecified atom stereocenters. The van der Waals surface area contributed by atoms with Crippen molar-refractivity contribution in [3.8, 4) is 0 Å². The van der Waals surface area contributed by atoms with Gasteiger partial charge in [-0.05, 0) is 25.6 Å². The van der Waals surface area contributed by atoms with Gasteiger partial charge in [-0.1, -0.05) is 6.07 Å². The van der Waals surface area contributed by atoms with Crippen LogP contribution in [0.5, 0.6) is 0 Å². The second-order valence-corrected chi connectivity index (χ2v) is 4.41. The van der Waals surface area contributed by atoms with Gasteiger partial charge in [0.1, 0.15) is 0 Å². The van der Waals surface area contributed by atoms with Crippen molar-refractivity contribution in [3.05, 3.63) is 29.6 Å². The standard InChI is InChI=1S/C13H20N2O2/c1-10-3-4-11(15-8-10)7-12(14-2)13-9-16-5-6-17-13/h3-4,8,12-14H,5-7,9H2,1-2H3. The number of rotatable bonds is 4. The van der Waals surface area contributed by atoms with Gasteiger partial charge in [-0.3, -0.25) is 4.98 Å². The van der Waals surface area contributed by atoms with Crippen LogP contribution in [-0.4, -0.2) is 44.0 Å². The molecule has 1 aliphatic rings. The Labute approximate surface area is 102 Å². The van der Waals surface area contributed by atoms with Crippen LogP contribution >= 0.6 is 0 Å². The molecule has 2 rings (SSSR count). The van der Waals surface area contributed by atoms with Gasteiger partial charge in [0.25, 0.3) is 0 Å². The van der Waals surface area contributed by atoms with Crippen LogP contribution in [0.25, 0.3) is 0 Å². The van der Waals surface area contributed by atoms with E-state index in [-0.39, 0.29) is 12.1 Å². The summed E-state index contributed by atoms with van der Waals surface area (Å²) in [6.45, 7) is 4.10. The third-order valence-electron chi connectivity index (χ3n) is 3.06. The van der Waals surface area contributed by atoms with Gasteiger partial charge in [-0.15, -0.1) is 0 Å². The SMILES string of the molecule is CNC(Cc1ccc(C)cn1)C1COCCO1. The van der Waals surface area contributed by atoms with E-state index in [1.54, 1.807) is 0 Å². The van der Waals surface area contributed by atoms with Gasteiger partial charge in [0.15, 0.2) is 0 Å². The quantitative estimate of drug-likeness (QED) is 0.845. The summed E-state index contributed by atoms with van der Waals surface area (Å²) in [5.74, 6) is 0. The van der Waals surface area contributed by atoms with Crippen LogP contribution in [0.1, 0.15) is 11.3 Å². The third kappa shape index (κ3) is 3.49. The maximum Gasteiger partial charge on any atom is 0.0965 e. The molecule has 2 heterocycles. The van der Waals surface area contributed by atoms with Crippen LogP contribution in [0, 0.1) is 6.92 Å². The predicted octanol–water partition coefficient (Wildman–Crippen LogP) is 0.936. The van der Waals surface area contributed by atoms with Gasteiger partial charge >= 0.3 is 0 Å². The van der Waals surface area contributed by atoms with Crippen molar-refractivity contribution >= 4 is 0 Å². The number of aromatic nitrogens is 1. The first-order valence-corrected chi connectivity index (χ1v) is 6.07. The molecule has 17 heavy (non-hydrogen) atoms. The van der Waals surface area contributed by atoms with Crippen LogP contribution < -0.4 is 5.32 Å². The second kappa shape index (κ2) is 6.10. The number of pyridine rings is 1. The number of nitrogens with one attached hydrogen (secondary N) is 1. The van der Waals surface area contributed by atoms with Gasteiger partial charge in [0, 0.05) is 24.4 Å². The van der Waals surface area contributed by atoms with Crippen LogP contribution in [-0.2, 0) is 15.9 Å². The summed E-state index contributed by atoms with van der Waals surface area (Å²) in [7, 11) is 1.96. The molecule has 1 fully saturated rings. The summed E-state index contributed by atoms with van der Waals surface area (Å²) in [5, 5.41) is 3.29. The van der Waals surface area contributed by atoms with E-state index in [1.165, 1.54) is 5.56 Å². The largest absolute Gasteiger partial charge is 0.376 e. The van der Waals surface area contributed by atoms with Crippen molar-refractivity contribution in [2.24, 2.45) is 0 Å². The molecule has 0 spiro atoms. The highest BCUT2D eigenvalue weighted by Gasteiger charge is 2.24. The molecule has 0 amide bonds. The summed E-state index contributed by atoms with van der Waals surface area (Å²) >= 11 is 0. The lowest BCUT2D eigenvalue weighted by Gasteiger charge is -2.30. The Bertz CT molecular complexity index is 334. The van der Waals surface area contributed by atoms with Crippen molar-refractivity contribution in [3.63, 3.8) is 0 Å². The lowest BCUT2D eigenvalue weighted by Crippen LogP contribution is -2.46. The molecule has 4 heteroatoms. The number of aryl methyl sites for hydroxylation is 1. The zero-order chi connectivity index (χ0) is 12.1. The number of hydrogen-bond acceptors (Lipinski definition) is 4. The molecule has 0 saturated carbocycles. The average Bonchev–Trinajstić information content (AvgIpc) is 2.39. The van der Waals surface area contributed by atoms with Crippen molar-refractivity contribution < 1.29 is 9.47 Å². The molecule has 0 radical (unpaired) electrons. The summed E-state index contributed by atoms with van der Waals surface area (Å²) in [6.07, 6.45) is 2.89. The number of likely N-dealkylation sites (N-methyl/N-ethyl adjacent to an activating group) is 1. The molecule has 0 aromatic carbocycles. The van der Waals surface area contributed by atoms with Gasteiger partial charge < -0.3 is 14.8 Å². The minimum absolute atomic E-state index is 0.122. The monoisotopic (exact) mass is 236 g/mol. The molecule has 0 aliphatic carbocycles. The number of nitrogens with zero attached hydrogens (tertiary/aromatic N) is 1. The van der Waals surface area contributed by atoms with Gasteiger partial charge in [-0.25, -0.2) is 0 Å². The average molecular weight is 236 g/mol. The predicted molar refractivity (Wildman–Crippen MR) is 66.1 cm³/mol. The smallest absolute Gasteiger partial charge is 0.0965 e. The van der Waals surface area contributed by atoms with Crippen molar-refractivity contribution in [2.45, 2.75) is 25.5 Å². The maximum atomic E-state index is 5.71. The summed E-state index contributed by atoms with van der Waals surface area (Å²) in [5.41, 5.74) is 2.27. The van der Waals surface area contributed by atoms with E-state index >= 15 is 0 Å². The molecular formula is C13H20N2O2. The van der Waals surface area contributed by atoms with Gasteiger partial charge in [-0.2, -0.15) is 0 Å². The molecule has 1 N–H and O–H groups in total. The lowest BCUT2D eigenvalue weighted by molar-refractivity contribution is -0.100. The summed E-state index contributed by atoms with van der Waals surface area (Å²) in [6, 6.07) is 4.42. The molecule has 4 nitrogen and oxygen atoms in total. The Hall–Kier alpha value is -0.970. The van der Waals surface area contributed by atoms with Crippen LogP contribution in [0.3, 0.4) is 0 Å². The maximum absolute atomic E-state index is 5.71. The highest BCUT2D eigenvalue weighted by Crippen LogP contribution is 2.10. The Balaban J connectivity index is 1.96. The number of hydrogen-bond donors (Lipinski definition) is 1. The Morgan fingerprint density at radius 3 is 2.94 bits per heavy atom. The second-order valence-electron chi connectivity index (χ2n) is 4.41. The van der Waals surface area contributed by atoms with Crippen molar-refractivity contribution in [1.29, 1.82) is 0 Å². The minimum Gasteiger partial charge on any atom is -0.376 e. The third-order valence-corrected chi connectivity index (χ3v) is 3.06. The van der Waals surface area contributed by atoms with Crippen LogP contribution in [0.15, 0.2) is 18.3 Å². The van der Waals surface area contributed by atoms with Gasteiger partial charge in [0.05, 0.1) is 25.9 Å². The topological polar surface area (TPSA) is 43.4 Å². The molecule has 2 atom stereocenters. The highest BCUT2D eigenvalue weighted by molar-refractivity contribution is 5.13. The van der Waals surface area contributed by atoms with Crippen LogP contribution in [0.2, 0.25) is 0 Å². The van der Waals surface area contributed by atoms with Crippen molar-refractivity contribution in [1.82, 2.24) is 10.3 Å². The first-order chi connectivity index (χ1) is 8.29. The zero-order valence-electron chi connectivity index (χ0n) is 10.5. The fourth-order valence-electron chi connectivity index (χ4n) is 2.00. The molecule has 94 valence electrons. The first-order valence-electron chi connectivity index (χ1n) is 6.07. The van der Waals surface area contributed by atoms with Crippen LogP contribution in [0.4, 0.5) is 0 Å². The van der Waals surface area contributed by atoms with E-state index in [4.69, 9.17) is 9.47 Å². The molecule has 1 aromatic heterocycles. The molecule has 1 aromatic rings. The van der Waals surface area contributed by atoms with E-state index in [0.29, 0.717) is 19.8 Å². The Kier molecular flexibility index (Phi) is 4.48. The van der Waals surface area contributed by atoms with E-state index < -0.39 is 0 Å². The highest BCUT2D eigenvalue weighted by atomic mass is 16.6. The number of ether oxygens (including phenoxy) is 2. The van der Waals surface area contributed by atoms with Crippen molar-refractivity contribution in [2.75, 3.05) is 26.9 Å². The Morgan fingerprint density at radius 1 is 1.47 bits per heavy atom. The van der Waals surface area contributed by atoms with E-state index in [2.05, 4.69) is 22.4 Å². The molecule has 0 bridgehead atoms. The molecular weight excluding hydrogens is 216 g/mol. The zero-order valence-corrected chi connectivity index (χ0v) is 10.5. The van der Waals surface area contributed by atoms with Gasteiger partial charge in [0.2, 0.25) is 0 Å². The summed E-state index contributed by atoms with van der Waals surface area (Å²) in [4.78, 5) is 4.42. The molecule has 1 aliphatic heterocycles. The Morgan fingerprint density at radius 2 is 2.35 bits per heavy atom. The van der Waals surface area contributed by atoms with E-state index in [1.807, 2.05) is 20.2 Å². The lowest BCUT2D eigenvalue weighted by atomic mass is 10.0. The molecule has 1 saturated heterocycles. The summed E-state index contributed by atoms with van der Waals surface area (Å²) < 4.78 is 11.1. The van der Waals surface area contributed by atoms with E-state index in [0.717, 1.165) is 12.1 Å². The van der Waals surface area contributed by atoms with E-state index in [9.17, 15) is 0 Å². The normalized spacial score (nSPS) is 22.4. The minimum atomic E-state index is 0.122.